The molecule has 6 heteroatoms. The number of fused-ring (bicyclic) bond motifs is 1. The van der Waals surface area contributed by atoms with Crippen molar-refractivity contribution in [1.29, 1.82) is 0 Å². The Balaban J connectivity index is 2.31. The molecule has 0 fully saturated rings. The van der Waals surface area contributed by atoms with E-state index >= 15 is 0 Å². The Morgan fingerprint density at radius 1 is 1.19 bits per heavy atom. The molecule has 21 heavy (non-hydrogen) atoms. The van der Waals surface area contributed by atoms with Gasteiger partial charge in [0.25, 0.3) is 0 Å². The molecule has 0 aliphatic rings. The summed E-state index contributed by atoms with van der Waals surface area (Å²) in [4.78, 5) is 19.2. The Morgan fingerprint density at radius 2 is 1.95 bits per heavy atom. The quantitative estimate of drug-likeness (QED) is 0.738. The van der Waals surface area contributed by atoms with Crippen LogP contribution in [0.1, 0.15) is 5.69 Å². The van der Waals surface area contributed by atoms with Crippen molar-refractivity contribution in [3.63, 3.8) is 0 Å². The molecule has 0 unspecified atom stereocenters. The van der Waals surface area contributed by atoms with Crippen LogP contribution in [0.3, 0.4) is 0 Å². The van der Waals surface area contributed by atoms with E-state index in [1.54, 1.807) is 36.2 Å². The van der Waals surface area contributed by atoms with E-state index < -0.39 is 7.14 Å². The molecule has 0 saturated heterocycles. The van der Waals surface area contributed by atoms with Crippen molar-refractivity contribution in [2.24, 2.45) is 0 Å². The van der Waals surface area contributed by atoms with Crippen molar-refractivity contribution in [3.05, 3.63) is 52.7 Å². The van der Waals surface area contributed by atoms with Gasteiger partial charge in [-0.1, -0.05) is 0 Å². The predicted octanol–water partition coefficient (Wildman–Crippen LogP) is 2.27. The summed E-state index contributed by atoms with van der Waals surface area (Å²) in [5.74, 6) is 0. The molecule has 1 aromatic carbocycles. The van der Waals surface area contributed by atoms with Crippen LogP contribution in [0.15, 0.2) is 41.3 Å². The predicted molar refractivity (Wildman–Crippen MR) is 85.5 cm³/mol. The van der Waals surface area contributed by atoms with E-state index in [4.69, 9.17) is 0 Å². The van der Waals surface area contributed by atoms with Crippen molar-refractivity contribution < 1.29 is 4.57 Å². The topological polar surface area (TPSA) is 67.8 Å². The number of aryl methyl sites for hydroxylation is 1. The molecule has 0 aliphatic carbocycles. The van der Waals surface area contributed by atoms with Gasteiger partial charge in [-0.3, -0.25) is 9.55 Å². The minimum absolute atomic E-state index is 0.227. The zero-order valence-electron chi connectivity index (χ0n) is 12.1. The Hall–Kier alpha value is -2.13. The lowest BCUT2D eigenvalue weighted by molar-refractivity contribution is 0.588. The smallest absolute Gasteiger partial charge is 0.319 e. The summed E-state index contributed by atoms with van der Waals surface area (Å²) < 4.78 is 13.8. The Bertz CT molecular complexity index is 916. The van der Waals surface area contributed by atoms with Crippen LogP contribution in [0.2, 0.25) is 0 Å². The fourth-order valence-electron chi connectivity index (χ4n) is 2.27. The van der Waals surface area contributed by atoms with Gasteiger partial charge >= 0.3 is 5.69 Å². The van der Waals surface area contributed by atoms with Crippen LogP contribution in [0.4, 0.5) is 0 Å². The molecule has 1 N–H and O–H groups in total. The summed E-state index contributed by atoms with van der Waals surface area (Å²) in [7, 11) is -2.38. The molecule has 0 radical (unpaired) electrons. The highest BCUT2D eigenvalue weighted by Gasteiger charge is 2.15. The van der Waals surface area contributed by atoms with Crippen molar-refractivity contribution in [3.8, 4) is 5.69 Å². The fraction of sp³-hybridized carbons (Fsp3) is 0.200. The summed E-state index contributed by atoms with van der Waals surface area (Å²) in [6.45, 7) is 5.33. The van der Waals surface area contributed by atoms with E-state index in [0.29, 0.717) is 11.2 Å². The maximum Gasteiger partial charge on any atom is 0.331 e. The van der Waals surface area contributed by atoms with Gasteiger partial charge in [-0.25, -0.2) is 4.79 Å². The molecular weight excluding hydrogens is 285 g/mol. The molecule has 0 amide bonds. The lowest BCUT2D eigenvalue weighted by Crippen LogP contribution is -2.15. The van der Waals surface area contributed by atoms with Crippen molar-refractivity contribution in [2.75, 3.05) is 13.3 Å². The van der Waals surface area contributed by atoms with Crippen LogP contribution in [0.5, 0.6) is 0 Å². The van der Waals surface area contributed by atoms with Gasteiger partial charge in [0.15, 0.2) is 0 Å². The summed E-state index contributed by atoms with van der Waals surface area (Å²) in [6.07, 6.45) is 1.66. The van der Waals surface area contributed by atoms with Gasteiger partial charge in [-0.05, 0) is 50.6 Å². The lowest BCUT2D eigenvalue weighted by atomic mass is 10.3. The van der Waals surface area contributed by atoms with E-state index in [2.05, 4.69) is 9.97 Å². The lowest BCUT2D eigenvalue weighted by Gasteiger charge is -2.08. The maximum absolute atomic E-state index is 12.2. The third-order valence-electron chi connectivity index (χ3n) is 3.44. The molecule has 2 heterocycles. The number of aromatic nitrogens is 3. The van der Waals surface area contributed by atoms with Crippen molar-refractivity contribution in [1.82, 2.24) is 14.5 Å². The first-order valence-electron chi connectivity index (χ1n) is 6.59. The van der Waals surface area contributed by atoms with Crippen LogP contribution in [0, 0.1) is 6.92 Å². The third kappa shape index (κ3) is 2.45. The van der Waals surface area contributed by atoms with E-state index in [0.717, 1.165) is 16.5 Å². The van der Waals surface area contributed by atoms with Gasteiger partial charge in [0.2, 0.25) is 0 Å². The van der Waals surface area contributed by atoms with E-state index in [1.807, 2.05) is 25.1 Å². The minimum atomic E-state index is -2.38. The highest BCUT2D eigenvalue weighted by molar-refractivity contribution is 7.70. The summed E-state index contributed by atoms with van der Waals surface area (Å²) in [5.41, 5.74) is 2.79. The molecule has 0 aliphatic heterocycles. The zero-order chi connectivity index (χ0) is 15.2. The molecule has 5 nitrogen and oxygen atoms in total. The van der Waals surface area contributed by atoms with Crippen LogP contribution in [0.25, 0.3) is 16.7 Å². The SMILES string of the molecule is Cc1ccc(-n2c(=O)[nH]c3ccc(P(C)(C)=O)cc32)cn1. The first kappa shape index (κ1) is 13.8. The second-order valence-electron chi connectivity index (χ2n) is 5.48. The number of nitrogens with one attached hydrogen (secondary N) is 1. The third-order valence-corrected chi connectivity index (χ3v) is 4.96. The molecule has 3 aromatic rings. The van der Waals surface area contributed by atoms with Crippen LogP contribution < -0.4 is 11.0 Å². The Kier molecular flexibility index (Phi) is 3.10. The number of rotatable bonds is 2. The first-order valence-corrected chi connectivity index (χ1v) is 9.20. The second kappa shape index (κ2) is 4.71. The summed E-state index contributed by atoms with van der Waals surface area (Å²) >= 11 is 0. The number of imidazole rings is 1. The maximum atomic E-state index is 12.2. The highest BCUT2D eigenvalue weighted by Crippen LogP contribution is 2.35. The molecule has 0 spiro atoms. The summed E-state index contributed by atoms with van der Waals surface area (Å²) in [5, 5.41) is 0.753. The van der Waals surface area contributed by atoms with E-state index in [1.165, 1.54) is 0 Å². The van der Waals surface area contributed by atoms with E-state index in [9.17, 15) is 9.36 Å². The average molecular weight is 301 g/mol. The molecular formula is C15H16N3O2P. The van der Waals surface area contributed by atoms with Crippen LogP contribution in [-0.2, 0) is 4.57 Å². The average Bonchev–Trinajstić information content (AvgIpc) is 2.74. The van der Waals surface area contributed by atoms with Gasteiger partial charge in [0.05, 0.1) is 22.9 Å². The number of pyridine rings is 1. The van der Waals surface area contributed by atoms with Crippen LogP contribution in [-0.4, -0.2) is 27.9 Å². The molecule has 0 saturated carbocycles. The van der Waals surface area contributed by atoms with Gasteiger partial charge in [-0.2, -0.15) is 0 Å². The standard InChI is InChI=1S/C15H16N3O2P/c1-10-4-5-11(9-16-10)18-14-8-12(21(2,3)20)6-7-13(14)17-15(18)19/h4-9H,1-3H3,(H,17,19). The monoisotopic (exact) mass is 301 g/mol. The molecule has 2 aromatic heterocycles. The van der Waals surface area contributed by atoms with Gasteiger partial charge in [-0.15, -0.1) is 0 Å². The van der Waals surface area contributed by atoms with E-state index in [-0.39, 0.29) is 5.69 Å². The molecule has 3 rings (SSSR count). The number of hydrogen-bond donors (Lipinski definition) is 1. The number of H-pyrrole nitrogens is 1. The largest absolute Gasteiger partial charge is 0.331 e. The van der Waals surface area contributed by atoms with Gasteiger partial charge < -0.3 is 9.55 Å². The zero-order valence-corrected chi connectivity index (χ0v) is 13.0. The minimum Gasteiger partial charge on any atom is -0.319 e. The van der Waals surface area contributed by atoms with Gasteiger partial charge in [0.1, 0.15) is 7.14 Å². The Labute approximate surface area is 122 Å². The Morgan fingerprint density at radius 3 is 2.57 bits per heavy atom. The van der Waals surface area contributed by atoms with Crippen molar-refractivity contribution in [2.45, 2.75) is 6.92 Å². The number of benzene rings is 1. The first-order chi connectivity index (χ1) is 9.86. The fourth-order valence-corrected chi connectivity index (χ4v) is 3.14. The highest BCUT2D eigenvalue weighted by atomic mass is 31.2. The molecule has 0 atom stereocenters. The van der Waals surface area contributed by atoms with Crippen molar-refractivity contribution >= 4 is 23.5 Å². The van der Waals surface area contributed by atoms with Gasteiger partial charge in [0, 0.05) is 11.0 Å². The number of nitrogens with zero attached hydrogens (tertiary/aromatic N) is 2. The molecule has 108 valence electrons. The number of aromatic amines is 1. The van der Waals surface area contributed by atoms with Crippen LogP contribution >= 0.6 is 7.14 Å². The molecule has 0 bridgehead atoms. The normalized spacial score (nSPS) is 12.0. The number of hydrogen-bond acceptors (Lipinski definition) is 3. The summed E-state index contributed by atoms with van der Waals surface area (Å²) in [6, 6.07) is 9.12. The second-order valence-corrected chi connectivity index (χ2v) is 8.69.